The molecule has 1 aliphatic carbocycles. The van der Waals surface area contributed by atoms with Crippen molar-refractivity contribution in [3.63, 3.8) is 0 Å². The van der Waals surface area contributed by atoms with Crippen LogP contribution in [0.15, 0.2) is 36.4 Å². The Hall–Kier alpha value is -3.68. The molecule has 4 aromatic carbocycles. The van der Waals surface area contributed by atoms with Crippen LogP contribution >= 0.6 is 0 Å². The highest BCUT2D eigenvalue weighted by Gasteiger charge is 2.43. The highest BCUT2D eigenvalue weighted by atomic mass is 19.2. The third-order valence-corrected chi connectivity index (χ3v) is 10.7. The van der Waals surface area contributed by atoms with Crippen molar-refractivity contribution in [3.8, 4) is 33.4 Å². The molecule has 0 saturated carbocycles. The molecule has 0 radical (unpaired) electrons. The number of aryl methyl sites for hydroxylation is 1. The Labute approximate surface area is 296 Å². The molecular weight excluding hydrogens is 668 g/mol. The fourth-order valence-corrected chi connectivity index (χ4v) is 7.91. The topological polar surface area (TPSA) is 0 Å². The van der Waals surface area contributed by atoms with Gasteiger partial charge in [-0.3, -0.25) is 0 Å². The SMILES string of the molecule is CCCCCCCCC1(CCCCCCCC)c2cc(C)ccc2-c2ccc(-c3c(F)c(F)c(-c4c(F)c(F)c(C)c(F)c4F)c(F)c3F)cc21. The molecule has 274 valence electrons. The van der Waals surface area contributed by atoms with Gasteiger partial charge in [0.15, 0.2) is 46.5 Å². The molecule has 0 N–H and O–H groups in total. The van der Waals surface area contributed by atoms with E-state index in [9.17, 15) is 17.6 Å². The minimum absolute atomic E-state index is 0.157. The molecule has 1 aliphatic rings. The van der Waals surface area contributed by atoms with Gasteiger partial charge in [-0.15, -0.1) is 0 Å². The van der Waals surface area contributed by atoms with Gasteiger partial charge >= 0.3 is 0 Å². The van der Waals surface area contributed by atoms with Gasteiger partial charge in [-0.2, -0.15) is 0 Å². The second-order valence-corrected chi connectivity index (χ2v) is 14.2. The first-order valence-corrected chi connectivity index (χ1v) is 18.4. The van der Waals surface area contributed by atoms with E-state index >= 15 is 17.6 Å². The average Bonchev–Trinajstić information content (AvgIpc) is 3.38. The summed E-state index contributed by atoms with van der Waals surface area (Å²) in [5.74, 6) is -16.3. The minimum atomic E-state index is -2.16. The molecule has 0 bridgehead atoms. The summed E-state index contributed by atoms with van der Waals surface area (Å²) in [6.45, 7) is 7.07. The van der Waals surface area contributed by atoms with E-state index in [0.717, 1.165) is 125 Å². The largest absolute Gasteiger partial charge is 0.203 e. The van der Waals surface area contributed by atoms with E-state index in [2.05, 4.69) is 19.9 Å². The van der Waals surface area contributed by atoms with Crippen LogP contribution in [0.1, 0.15) is 126 Å². The fourth-order valence-electron chi connectivity index (χ4n) is 7.91. The number of hydrogen-bond donors (Lipinski definition) is 0. The zero-order chi connectivity index (χ0) is 37.0. The normalized spacial score (nSPS) is 13.2. The van der Waals surface area contributed by atoms with E-state index in [4.69, 9.17) is 0 Å². The summed E-state index contributed by atoms with van der Waals surface area (Å²) >= 11 is 0. The second-order valence-electron chi connectivity index (χ2n) is 14.2. The third-order valence-electron chi connectivity index (χ3n) is 10.7. The highest BCUT2D eigenvalue weighted by molar-refractivity contribution is 5.85. The fraction of sp³-hybridized carbons (Fsp3) is 0.442. The van der Waals surface area contributed by atoms with E-state index in [0.29, 0.717) is 0 Å². The molecule has 0 aromatic heterocycles. The lowest BCUT2D eigenvalue weighted by atomic mass is 9.70. The summed E-state index contributed by atoms with van der Waals surface area (Å²) in [6.07, 6.45) is 14.4. The standard InChI is InChI=1S/C43H46F8/c1-5-7-9-11-13-15-21-43(22-16-14-12-10-8-6-2)30-23-25(3)17-19-28(30)29-20-18-27(24-31(29)43)32-37(46)41(50)34(42(51)38(32)47)33-39(48)35(44)26(4)36(45)40(33)49/h17-20,23-24H,5-16,21-22H2,1-4H3. The Balaban J connectivity index is 1.65. The number of unbranched alkanes of at least 4 members (excludes halogenated alkanes) is 10. The van der Waals surface area contributed by atoms with Crippen LogP contribution in [0.4, 0.5) is 35.1 Å². The molecule has 0 nitrogen and oxygen atoms in total. The lowest BCUT2D eigenvalue weighted by Gasteiger charge is -2.33. The summed E-state index contributed by atoms with van der Waals surface area (Å²) in [6, 6.07) is 10.9. The van der Waals surface area contributed by atoms with Gasteiger partial charge in [0, 0.05) is 11.0 Å². The van der Waals surface area contributed by atoms with Crippen LogP contribution < -0.4 is 0 Å². The summed E-state index contributed by atoms with van der Waals surface area (Å²) in [5.41, 5.74) is -1.65. The number of halogens is 8. The maximum absolute atomic E-state index is 16.0. The van der Waals surface area contributed by atoms with Crippen molar-refractivity contribution in [2.45, 2.75) is 123 Å². The third kappa shape index (κ3) is 7.21. The van der Waals surface area contributed by atoms with Crippen molar-refractivity contribution in [1.29, 1.82) is 0 Å². The Kier molecular flexibility index (Phi) is 12.3. The van der Waals surface area contributed by atoms with E-state index in [1.807, 2.05) is 19.1 Å². The van der Waals surface area contributed by atoms with E-state index in [1.165, 1.54) is 6.07 Å². The molecule has 0 amide bonds. The molecular formula is C43H46F8. The maximum Gasteiger partial charge on any atom is 0.170 e. The summed E-state index contributed by atoms with van der Waals surface area (Å²) in [4.78, 5) is 0. The van der Waals surface area contributed by atoms with Crippen LogP contribution in [-0.2, 0) is 5.41 Å². The molecule has 5 rings (SSSR count). The Bertz CT molecular complexity index is 1820. The first kappa shape index (κ1) is 38.5. The first-order chi connectivity index (χ1) is 24.4. The van der Waals surface area contributed by atoms with E-state index in [-0.39, 0.29) is 5.56 Å². The minimum Gasteiger partial charge on any atom is -0.203 e. The second kappa shape index (κ2) is 16.3. The Morgan fingerprint density at radius 2 is 0.824 bits per heavy atom. The summed E-state index contributed by atoms with van der Waals surface area (Å²) in [7, 11) is 0. The van der Waals surface area contributed by atoms with Gasteiger partial charge in [-0.25, -0.2) is 35.1 Å². The molecule has 0 saturated heterocycles. The predicted molar refractivity (Wildman–Crippen MR) is 189 cm³/mol. The van der Waals surface area contributed by atoms with Gasteiger partial charge in [0.2, 0.25) is 0 Å². The van der Waals surface area contributed by atoms with Crippen LogP contribution in [0, 0.1) is 60.4 Å². The zero-order valence-corrected chi connectivity index (χ0v) is 29.9. The van der Waals surface area contributed by atoms with Crippen LogP contribution in [0.5, 0.6) is 0 Å². The van der Waals surface area contributed by atoms with Crippen LogP contribution in [0.25, 0.3) is 33.4 Å². The van der Waals surface area contributed by atoms with Gasteiger partial charge in [0.05, 0.1) is 16.7 Å². The van der Waals surface area contributed by atoms with E-state index < -0.39 is 74.2 Å². The quantitative estimate of drug-likeness (QED) is 0.0616. The lowest BCUT2D eigenvalue weighted by Crippen LogP contribution is -2.26. The Morgan fingerprint density at radius 3 is 1.31 bits per heavy atom. The number of rotatable bonds is 16. The van der Waals surface area contributed by atoms with Gasteiger partial charge in [0.25, 0.3) is 0 Å². The molecule has 0 spiro atoms. The summed E-state index contributed by atoms with van der Waals surface area (Å²) < 4.78 is 122. The van der Waals surface area contributed by atoms with Gasteiger partial charge in [-0.1, -0.05) is 127 Å². The van der Waals surface area contributed by atoms with Crippen LogP contribution in [0.2, 0.25) is 0 Å². The van der Waals surface area contributed by atoms with Crippen LogP contribution in [0.3, 0.4) is 0 Å². The van der Waals surface area contributed by atoms with Gasteiger partial charge < -0.3 is 0 Å². The van der Waals surface area contributed by atoms with Crippen molar-refractivity contribution in [2.75, 3.05) is 0 Å². The monoisotopic (exact) mass is 714 g/mol. The molecule has 0 fully saturated rings. The van der Waals surface area contributed by atoms with Gasteiger partial charge in [0.1, 0.15) is 0 Å². The van der Waals surface area contributed by atoms with Crippen molar-refractivity contribution >= 4 is 0 Å². The first-order valence-electron chi connectivity index (χ1n) is 18.4. The number of fused-ring (bicyclic) bond motifs is 3. The smallest absolute Gasteiger partial charge is 0.170 e. The van der Waals surface area contributed by atoms with E-state index in [1.54, 1.807) is 12.1 Å². The number of benzene rings is 4. The molecule has 0 unspecified atom stereocenters. The van der Waals surface area contributed by atoms with Crippen molar-refractivity contribution in [1.82, 2.24) is 0 Å². The predicted octanol–water partition coefficient (Wildman–Crippen LogP) is 14.5. The van der Waals surface area contributed by atoms with Crippen molar-refractivity contribution < 1.29 is 35.1 Å². The maximum atomic E-state index is 16.0. The van der Waals surface area contributed by atoms with Crippen LogP contribution in [-0.4, -0.2) is 0 Å². The highest BCUT2D eigenvalue weighted by Crippen LogP contribution is 2.55. The lowest BCUT2D eigenvalue weighted by molar-refractivity contribution is 0.397. The summed E-state index contributed by atoms with van der Waals surface area (Å²) in [5, 5.41) is 0. The Morgan fingerprint density at radius 1 is 0.431 bits per heavy atom. The van der Waals surface area contributed by atoms with Gasteiger partial charge in [-0.05, 0) is 60.6 Å². The van der Waals surface area contributed by atoms with Crippen molar-refractivity contribution in [2.24, 2.45) is 0 Å². The molecule has 0 atom stereocenters. The molecule has 0 heterocycles. The molecule has 0 aliphatic heterocycles. The zero-order valence-electron chi connectivity index (χ0n) is 29.9. The molecule has 8 heteroatoms. The van der Waals surface area contributed by atoms with Crippen molar-refractivity contribution in [3.05, 3.63) is 105 Å². The molecule has 4 aromatic rings. The molecule has 51 heavy (non-hydrogen) atoms. The average molecular weight is 715 g/mol. The number of hydrogen-bond acceptors (Lipinski definition) is 0.